The van der Waals surface area contributed by atoms with Gasteiger partial charge in [-0.15, -0.1) is 0 Å². The molecule has 1 atom stereocenters. The lowest BCUT2D eigenvalue weighted by Gasteiger charge is -2.30. The fraction of sp³-hybridized carbons (Fsp3) is 0.333. The van der Waals surface area contributed by atoms with Crippen LogP contribution in [0.15, 0.2) is 36.4 Å². The molecule has 0 saturated heterocycles. The average molecular weight is 492 g/mol. The van der Waals surface area contributed by atoms with Gasteiger partial charge in [0.1, 0.15) is 11.8 Å². The highest BCUT2D eigenvalue weighted by Gasteiger charge is 2.29. The fourth-order valence-electron chi connectivity index (χ4n) is 2.86. The third kappa shape index (κ3) is 6.67. The van der Waals surface area contributed by atoms with Gasteiger partial charge in [0.05, 0.1) is 5.02 Å². The summed E-state index contributed by atoms with van der Waals surface area (Å²) >= 11 is 24.3. The maximum atomic E-state index is 13.1. The van der Waals surface area contributed by atoms with Gasteiger partial charge in [0, 0.05) is 28.2 Å². The van der Waals surface area contributed by atoms with E-state index in [1.165, 1.54) is 11.0 Å². The van der Waals surface area contributed by atoms with E-state index in [0.717, 1.165) is 0 Å². The summed E-state index contributed by atoms with van der Waals surface area (Å²) in [5, 5.41) is 4.41. The predicted molar refractivity (Wildman–Crippen MR) is 122 cm³/mol. The molecule has 0 aliphatic carbocycles. The van der Waals surface area contributed by atoms with Crippen molar-refractivity contribution in [1.29, 1.82) is 0 Å². The molecule has 0 fully saturated rings. The smallest absolute Gasteiger partial charge is 0.261 e. The number of carbonyl (C=O) groups is 2. The highest BCUT2D eigenvalue weighted by atomic mass is 35.5. The first-order valence-corrected chi connectivity index (χ1v) is 10.9. The minimum Gasteiger partial charge on any atom is -0.482 e. The van der Waals surface area contributed by atoms with E-state index < -0.39 is 6.04 Å². The Morgan fingerprint density at radius 3 is 2.20 bits per heavy atom. The minimum atomic E-state index is -0.687. The predicted octanol–water partition coefficient (Wildman–Crippen LogP) is 5.62. The monoisotopic (exact) mass is 490 g/mol. The summed E-state index contributed by atoms with van der Waals surface area (Å²) in [6.07, 6.45) is 0.421. The second kappa shape index (κ2) is 11.7. The first-order valence-electron chi connectivity index (χ1n) is 9.35. The van der Waals surface area contributed by atoms with Gasteiger partial charge in [0.25, 0.3) is 5.91 Å². The van der Waals surface area contributed by atoms with Gasteiger partial charge in [-0.2, -0.15) is 0 Å². The molecule has 2 rings (SSSR count). The van der Waals surface area contributed by atoms with E-state index in [0.29, 0.717) is 44.4 Å². The van der Waals surface area contributed by atoms with Crippen molar-refractivity contribution < 1.29 is 14.3 Å². The summed E-state index contributed by atoms with van der Waals surface area (Å²) in [6, 6.07) is 9.04. The van der Waals surface area contributed by atoms with Crippen LogP contribution in [0.5, 0.6) is 5.75 Å². The first-order chi connectivity index (χ1) is 14.3. The van der Waals surface area contributed by atoms with Gasteiger partial charge in [0.2, 0.25) is 5.91 Å². The van der Waals surface area contributed by atoms with Crippen LogP contribution in [0.4, 0.5) is 0 Å². The number of hydrogen-bond acceptors (Lipinski definition) is 3. The van der Waals surface area contributed by atoms with Gasteiger partial charge in [-0.3, -0.25) is 9.59 Å². The lowest BCUT2D eigenvalue weighted by Crippen LogP contribution is -2.50. The van der Waals surface area contributed by atoms with Crippen LogP contribution >= 0.6 is 46.4 Å². The van der Waals surface area contributed by atoms with E-state index in [1.54, 1.807) is 30.3 Å². The molecule has 0 heterocycles. The zero-order chi connectivity index (χ0) is 22.3. The molecular weight excluding hydrogens is 470 g/mol. The molecule has 1 N–H and O–H groups in total. The lowest BCUT2D eigenvalue weighted by molar-refractivity contribution is -0.142. The van der Waals surface area contributed by atoms with E-state index in [4.69, 9.17) is 51.1 Å². The van der Waals surface area contributed by atoms with Gasteiger partial charge in [-0.1, -0.05) is 59.4 Å². The van der Waals surface area contributed by atoms with Gasteiger partial charge in [0.15, 0.2) is 6.61 Å². The van der Waals surface area contributed by atoms with E-state index in [1.807, 2.05) is 13.8 Å². The van der Waals surface area contributed by atoms with Crippen molar-refractivity contribution in [2.24, 2.45) is 0 Å². The summed E-state index contributed by atoms with van der Waals surface area (Å²) in [7, 11) is 0. The van der Waals surface area contributed by atoms with Crippen LogP contribution in [-0.4, -0.2) is 35.9 Å². The third-order valence-corrected chi connectivity index (χ3v) is 5.46. The third-order valence-electron chi connectivity index (χ3n) is 4.34. The van der Waals surface area contributed by atoms with E-state index >= 15 is 0 Å². The van der Waals surface area contributed by atoms with Crippen molar-refractivity contribution in [1.82, 2.24) is 10.2 Å². The number of benzene rings is 2. The van der Waals surface area contributed by atoms with E-state index in [2.05, 4.69) is 5.32 Å². The zero-order valence-corrected chi connectivity index (χ0v) is 19.6. The van der Waals surface area contributed by atoms with Crippen molar-refractivity contribution in [3.05, 3.63) is 62.1 Å². The number of likely N-dealkylation sites (N-methyl/N-ethyl adjacent to an activating group) is 1. The fourth-order valence-corrected chi connectivity index (χ4v) is 3.79. The van der Waals surface area contributed by atoms with Crippen molar-refractivity contribution in [3.63, 3.8) is 0 Å². The average Bonchev–Trinajstić information content (AvgIpc) is 2.68. The molecule has 2 aromatic rings. The molecule has 5 nitrogen and oxygen atoms in total. The van der Waals surface area contributed by atoms with Gasteiger partial charge in [-0.25, -0.2) is 0 Å². The summed E-state index contributed by atoms with van der Waals surface area (Å²) in [5.74, 6) is -0.307. The van der Waals surface area contributed by atoms with Crippen LogP contribution in [0.1, 0.15) is 25.8 Å². The van der Waals surface area contributed by atoms with E-state index in [9.17, 15) is 9.59 Å². The summed E-state index contributed by atoms with van der Waals surface area (Å²) in [6.45, 7) is 3.93. The minimum absolute atomic E-state index is 0.127. The molecule has 0 bridgehead atoms. The van der Waals surface area contributed by atoms with Crippen molar-refractivity contribution >= 4 is 58.2 Å². The van der Waals surface area contributed by atoms with Crippen molar-refractivity contribution in [2.75, 3.05) is 13.2 Å². The largest absolute Gasteiger partial charge is 0.482 e. The molecule has 30 heavy (non-hydrogen) atoms. The molecule has 0 aromatic heterocycles. The molecule has 162 valence electrons. The normalized spacial score (nSPS) is 11.7. The number of nitrogens with one attached hydrogen (secondary N) is 1. The lowest BCUT2D eigenvalue weighted by atomic mass is 10.1. The van der Waals surface area contributed by atoms with Gasteiger partial charge in [-0.05, 0) is 49.2 Å². The van der Waals surface area contributed by atoms with Crippen LogP contribution < -0.4 is 10.1 Å². The Morgan fingerprint density at radius 1 is 1.00 bits per heavy atom. The standard InChI is InChI=1S/C21H22Cl4N2O3/c1-3-18(21(29)26-4-2)27(11-13-5-6-14(22)9-16(13)24)20(28)12-30-19-8-7-15(23)10-17(19)25/h5-10,18H,3-4,11-12H2,1-2H3,(H,26,29)/t18-/m0/s1. The first kappa shape index (κ1) is 24.6. The molecular formula is C21H22Cl4N2O3. The highest BCUT2D eigenvalue weighted by molar-refractivity contribution is 6.35. The molecule has 0 aliphatic rings. The molecule has 0 spiro atoms. The molecule has 0 radical (unpaired) electrons. The van der Waals surface area contributed by atoms with Crippen molar-refractivity contribution in [3.8, 4) is 5.75 Å². The number of nitrogens with zero attached hydrogens (tertiary/aromatic N) is 1. The molecule has 0 aliphatic heterocycles. The van der Waals surface area contributed by atoms with Crippen LogP contribution in [0.25, 0.3) is 0 Å². The molecule has 9 heteroatoms. The molecule has 0 unspecified atom stereocenters. The summed E-state index contributed by atoms with van der Waals surface area (Å²) in [4.78, 5) is 27.1. The number of rotatable bonds is 9. The zero-order valence-electron chi connectivity index (χ0n) is 16.6. The number of hydrogen-bond donors (Lipinski definition) is 1. The Morgan fingerprint density at radius 2 is 1.63 bits per heavy atom. The van der Waals surface area contributed by atoms with E-state index in [-0.39, 0.29) is 25.0 Å². The topological polar surface area (TPSA) is 58.6 Å². The number of ether oxygens (including phenoxy) is 1. The van der Waals surface area contributed by atoms with Crippen LogP contribution in [-0.2, 0) is 16.1 Å². The maximum absolute atomic E-state index is 13.1. The number of amides is 2. The Bertz CT molecular complexity index is 908. The molecule has 2 aromatic carbocycles. The number of halogens is 4. The second-order valence-electron chi connectivity index (χ2n) is 6.44. The summed E-state index contributed by atoms with van der Waals surface area (Å²) in [5.41, 5.74) is 0.668. The molecule has 2 amide bonds. The second-order valence-corrected chi connectivity index (χ2v) is 8.13. The highest BCUT2D eigenvalue weighted by Crippen LogP contribution is 2.28. The Hall–Kier alpha value is -1.66. The SMILES string of the molecule is CCNC(=O)[C@H](CC)N(Cc1ccc(Cl)cc1Cl)C(=O)COc1ccc(Cl)cc1Cl. The Kier molecular flexibility index (Phi) is 9.56. The Labute approximate surface area is 196 Å². The quantitative estimate of drug-likeness (QED) is 0.495. The summed E-state index contributed by atoms with van der Waals surface area (Å²) < 4.78 is 5.59. The van der Waals surface area contributed by atoms with Crippen LogP contribution in [0.3, 0.4) is 0 Å². The Balaban J connectivity index is 2.26. The number of carbonyl (C=O) groups excluding carboxylic acids is 2. The van der Waals surface area contributed by atoms with Gasteiger partial charge >= 0.3 is 0 Å². The van der Waals surface area contributed by atoms with Crippen molar-refractivity contribution in [2.45, 2.75) is 32.9 Å². The van der Waals surface area contributed by atoms with Crippen LogP contribution in [0.2, 0.25) is 20.1 Å². The van der Waals surface area contributed by atoms with Gasteiger partial charge < -0.3 is 15.0 Å². The van der Waals surface area contributed by atoms with Crippen LogP contribution in [0, 0.1) is 0 Å². The maximum Gasteiger partial charge on any atom is 0.261 e. The molecule has 0 saturated carbocycles.